The van der Waals surface area contributed by atoms with Gasteiger partial charge in [0.05, 0.1) is 5.39 Å². The average Bonchev–Trinajstić information content (AvgIpc) is 3.30. The number of aromatic nitrogens is 5. The van der Waals surface area contributed by atoms with Gasteiger partial charge < -0.3 is 5.32 Å². The number of rotatable bonds is 4. The minimum atomic E-state index is 0.541. The third kappa shape index (κ3) is 2.53. The van der Waals surface area contributed by atoms with Gasteiger partial charge in [0, 0.05) is 24.5 Å². The van der Waals surface area contributed by atoms with E-state index in [9.17, 15) is 0 Å². The van der Waals surface area contributed by atoms with Gasteiger partial charge in [-0.1, -0.05) is 42.4 Å². The van der Waals surface area contributed by atoms with Crippen LogP contribution in [0.3, 0.4) is 0 Å². The van der Waals surface area contributed by atoms with Crippen LogP contribution in [0.25, 0.3) is 16.0 Å². The molecule has 1 N–H and O–H groups in total. The van der Waals surface area contributed by atoms with Crippen molar-refractivity contribution in [2.75, 3.05) is 18.4 Å². The molecule has 1 aliphatic heterocycles. The van der Waals surface area contributed by atoms with Gasteiger partial charge >= 0.3 is 0 Å². The van der Waals surface area contributed by atoms with Crippen LogP contribution in [-0.4, -0.2) is 43.0 Å². The van der Waals surface area contributed by atoms with Crippen LogP contribution in [0.4, 0.5) is 5.82 Å². The molecule has 0 saturated heterocycles. The fraction of sp³-hybridized carbons (Fsp3) is 0.333. The van der Waals surface area contributed by atoms with E-state index in [0.29, 0.717) is 5.78 Å². The highest BCUT2D eigenvalue weighted by Crippen LogP contribution is 2.38. The van der Waals surface area contributed by atoms with E-state index in [4.69, 9.17) is 4.98 Å². The van der Waals surface area contributed by atoms with Crippen molar-refractivity contribution in [3.8, 4) is 0 Å². The number of nitrogens with zero attached hydrogens (tertiary/aromatic N) is 6. The Kier molecular flexibility index (Phi) is 3.79. The summed E-state index contributed by atoms with van der Waals surface area (Å²) in [6, 6.07) is 10.4. The molecule has 132 valence electrons. The number of nitrogens with one attached hydrogen (secondary N) is 1. The smallest absolute Gasteiger partial charge is 0.276 e. The largest absolute Gasteiger partial charge is 0.365 e. The predicted octanol–water partition coefficient (Wildman–Crippen LogP) is 2.72. The highest BCUT2D eigenvalue weighted by Gasteiger charge is 2.25. The first-order chi connectivity index (χ1) is 12.8. The van der Waals surface area contributed by atoms with Crippen LogP contribution in [0.2, 0.25) is 0 Å². The number of tetrazole rings is 1. The van der Waals surface area contributed by atoms with Crippen molar-refractivity contribution in [2.45, 2.75) is 26.4 Å². The summed E-state index contributed by atoms with van der Waals surface area (Å²) in [6.45, 7) is 6.10. The maximum Gasteiger partial charge on any atom is 0.276 e. The number of anilines is 1. The SMILES string of the molecule is CCN1CCc2c(sc3c2c(NCc2ccccc2)nc2nnnn23)C1. The Balaban J connectivity index is 1.62. The first kappa shape index (κ1) is 15.7. The fourth-order valence-electron chi connectivity index (χ4n) is 3.55. The van der Waals surface area contributed by atoms with Crippen molar-refractivity contribution in [1.29, 1.82) is 0 Å². The Labute approximate surface area is 154 Å². The van der Waals surface area contributed by atoms with Crippen molar-refractivity contribution in [2.24, 2.45) is 0 Å². The van der Waals surface area contributed by atoms with Crippen LogP contribution >= 0.6 is 11.3 Å². The number of thiophene rings is 1. The number of benzene rings is 1. The van der Waals surface area contributed by atoms with E-state index in [1.807, 2.05) is 6.07 Å². The van der Waals surface area contributed by atoms with Crippen molar-refractivity contribution in [3.05, 3.63) is 46.3 Å². The summed E-state index contributed by atoms with van der Waals surface area (Å²) in [7, 11) is 0. The summed E-state index contributed by atoms with van der Waals surface area (Å²) in [5.41, 5.74) is 2.62. The first-order valence-electron chi connectivity index (χ1n) is 8.86. The topological polar surface area (TPSA) is 71.2 Å². The lowest BCUT2D eigenvalue weighted by atomic mass is 10.0. The Bertz CT molecular complexity index is 1070. The third-order valence-electron chi connectivity index (χ3n) is 4.96. The van der Waals surface area contributed by atoms with Gasteiger partial charge in [0.2, 0.25) is 0 Å². The van der Waals surface area contributed by atoms with Crippen LogP contribution in [0, 0.1) is 0 Å². The van der Waals surface area contributed by atoms with Gasteiger partial charge in [-0.25, -0.2) is 0 Å². The molecule has 1 aromatic carbocycles. The molecular weight excluding hydrogens is 346 g/mol. The highest BCUT2D eigenvalue weighted by molar-refractivity contribution is 7.19. The van der Waals surface area contributed by atoms with Crippen LogP contribution in [0.15, 0.2) is 30.3 Å². The molecule has 5 rings (SSSR count). The Morgan fingerprint density at radius 3 is 2.96 bits per heavy atom. The van der Waals surface area contributed by atoms with Gasteiger partial charge in [0.15, 0.2) is 0 Å². The summed E-state index contributed by atoms with van der Waals surface area (Å²) < 4.78 is 1.77. The molecule has 4 aromatic rings. The standard InChI is InChI=1S/C18H19N7S/c1-2-24-9-8-13-14(11-24)26-17-15(13)16(20-18-21-22-23-25(17)18)19-10-12-6-4-3-5-7-12/h3-7H,2,8-11H2,1H3,(H,19,20,21,23). The molecule has 0 aliphatic carbocycles. The molecule has 0 atom stereocenters. The number of hydrogen-bond donors (Lipinski definition) is 1. The zero-order chi connectivity index (χ0) is 17.5. The normalized spacial score (nSPS) is 14.8. The van der Waals surface area contributed by atoms with Gasteiger partial charge in [-0.3, -0.25) is 4.90 Å². The van der Waals surface area contributed by atoms with Crippen LogP contribution in [0.5, 0.6) is 0 Å². The van der Waals surface area contributed by atoms with E-state index in [2.05, 4.69) is 56.9 Å². The molecule has 0 unspecified atom stereocenters. The van der Waals surface area contributed by atoms with Gasteiger partial charge in [0.1, 0.15) is 10.6 Å². The van der Waals surface area contributed by atoms with Crippen molar-refractivity contribution < 1.29 is 0 Å². The minimum Gasteiger partial charge on any atom is -0.365 e. The summed E-state index contributed by atoms with van der Waals surface area (Å²) >= 11 is 1.79. The van der Waals surface area contributed by atoms with E-state index in [1.54, 1.807) is 15.9 Å². The Morgan fingerprint density at radius 2 is 2.12 bits per heavy atom. The van der Waals surface area contributed by atoms with Crippen LogP contribution in [0.1, 0.15) is 22.9 Å². The molecule has 4 heterocycles. The highest BCUT2D eigenvalue weighted by atomic mass is 32.1. The molecule has 1 aliphatic rings. The van der Waals surface area contributed by atoms with E-state index < -0.39 is 0 Å². The second-order valence-corrected chi connectivity index (χ2v) is 7.58. The molecule has 26 heavy (non-hydrogen) atoms. The molecule has 7 nitrogen and oxygen atoms in total. The molecule has 0 fully saturated rings. The van der Waals surface area contributed by atoms with E-state index in [-0.39, 0.29) is 0 Å². The summed E-state index contributed by atoms with van der Waals surface area (Å²) in [6.07, 6.45) is 1.04. The molecule has 3 aromatic heterocycles. The van der Waals surface area contributed by atoms with Gasteiger partial charge in [-0.05, 0) is 34.5 Å². The lowest BCUT2D eigenvalue weighted by Crippen LogP contribution is -2.29. The number of likely N-dealkylation sites (N-methyl/N-ethyl adjacent to an activating group) is 1. The average molecular weight is 365 g/mol. The quantitative estimate of drug-likeness (QED) is 0.600. The van der Waals surface area contributed by atoms with Crippen molar-refractivity contribution in [1.82, 2.24) is 29.9 Å². The maximum absolute atomic E-state index is 4.71. The molecule has 0 radical (unpaired) electrons. The van der Waals surface area contributed by atoms with Gasteiger partial charge in [-0.15, -0.1) is 11.3 Å². The van der Waals surface area contributed by atoms with Gasteiger partial charge in [-0.2, -0.15) is 9.50 Å². The lowest BCUT2D eigenvalue weighted by Gasteiger charge is -2.25. The zero-order valence-corrected chi connectivity index (χ0v) is 15.3. The van der Waals surface area contributed by atoms with Crippen molar-refractivity contribution in [3.63, 3.8) is 0 Å². The summed E-state index contributed by atoms with van der Waals surface area (Å²) in [5.74, 6) is 1.42. The van der Waals surface area contributed by atoms with Crippen molar-refractivity contribution >= 4 is 33.1 Å². The first-order valence-corrected chi connectivity index (χ1v) is 9.67. The lowest BCUT2D eigenvalue weighted by molar-refractivity contribution is 0.272. The van der Waals surface area contributed by atoms with E-state index in [1.165, 1.54) is 21.4 Å². The second-order valence-electron chi connectivity index (χ2n) is 6.49. The molecular formula is C18H19N7S. The summed E-state index contributed by atoms with van der Waals surface area (Å²) in [4.78, 5) is 9.66. The Hall–Kier alpha value is -2.58. The zero-order valence-electron chi connectivity index (χ0n) is 14.5. The third-order valence-corrected chi connectivity index (χ3v) is 6.15. The maximum atomic E-state index is 4.71. The molecule has 0 bridgehead atoms. The molecule has 0 spiro atoms. The van der Waals surface area contributed by atoms with Crippen LogP contribution in [-0.2, 0) is 19.5 Å². The van der Waals surface area contributed by atoms with Gasteiger partial charge in [0.25, 0.3) is 5.78 Å². The minimum absolute atomic E-state index is 0.541. The predicted molar refractivity (Wildman–Crippen MR) is 102 cm³/mol. The van der Waals surface area contributed by atoms with E-state index in [0.717, 1.165) is 43.2 Å². The summed E-state index contributed by atoms with van der Waals surface area (Å²) in [5, 5.41) is 16.7. The molecule has 0 saturated carbocycles. The Morgan fingerprint density at radius 1 is 1.23 bits per heavy atom. The number of hydrogen-bond acceptors (Lipinski definition) is 7. The fourth-order valence-corrected chi connectivity index (χ4v) is 4.89. The molecule has 0 amide bonds. The second kappa shape index (κ2) is 6.30. The monoisotopic (exact) mass is 365 g/mol. The number of fused-ring (bicyclic) bond motifs is 5. The van der Waals surface area contributed by atoms with Crippen LogP contribution < -0.4 is 5.32 Å². The van der Waals surface area contributed by atoms with E-state index >= 15 is 0 Å². The molecule has 8 heteroatoms.